The maximum Gasteiger partial charge on any atom is 0.410 e. The highest BCUT2D eigenvalue weighted by Crippen LogP contribution is 2.36. The van der Waals surface area contributed by atoms with Crippen LogP contribution in [-0.2, 0) is 4.74 Å². The number of piperazine rings is 1. The zero-order valence-corrected chi connectivity index (χ0v) is 28.1. The molecule has 10 nitrogen and oxygen atoms in total. The van der Waals surface area contributed by atoms with Crippen LogP contribution in [0.3, 0.4) is 0 Å². The van der Waals surface area contributed by atoms with Crippen LogP contribution in [0.25, 0.3) is 28.1 Å². The Morgan fingerprint density at radius 1 is 1.07 bits per heavy atom. The first-order valence-electron chi connectivity index (χ1n) is 15.3. The summed E-state index contributed by atoms with van der Waals surface area (Å²) in [5.41, 5.74) is 0.382. The maximum atomic E-state index is 15.1. The van der Waals surface area contributed by atoms with Crippen LogP contribution in [-0.4, -0.2) is 66.1 Å². The predicted molar refractivity (Wildman–Crippen MR) is 175 cm³/mol. The van der Waals surface area contributed by atoms with Gasteiger partial charge in [-0.15, -0.1) is 0 Å². The number of fused-ring (bicyclic) bond motifs is 1. The molecular formula is C33H41ClFN7O3. The minimum Gasteiger partial charge on any atom is -0.444 e. The van der Waals surface area contributed by atoms with Gasteiger partial charge in [-0.25, -0.2) is 28.2 Å². The number of carbonyl (C=O) groups is 1. The summed E-state index contributed by atoms with van der Waals surface area (Å²) in [6.07, 6.45) is 1.37. The third-order valence-corrected chi connectivity index (χ3v) is 8.22. The van der Waals surface area contributed by atoms with Crippen molar-refractivity contribution in [3.8, 4) is 17.1 Å². The average Bonchev–Trinajstić information content (AvgIpc) is 3.38. The second-order valence-electron chi connectivity index (χ2n) is 13.3. The largest absolute Gasteiger partial charge is 0.444 e. The number of hydrogen-bond acceptors (Lipinski definition) is 7. The summed E-state index contributed by atoms with van der Waals surface area (Å²) in [5, 5.41) is 5.36. The molecule has 0 bridgehead atoms. The van der Waals surface area contributed by atoms with E-state index in [1.54, 1.807) is 40.0 Å². The summed E-state index contributed by atoms with van der Waals surface area (Å²) >= 11 is 6.84. The highest BCUT2D eigenvalue weighted by molar-refractivity contribution is 6.33. The number of pyridine rings is 1. The molecular weight excluding hydrogens is 597 g/mol. The zero-order chi connectivity index (χ0) is 33.0. The zero-order valence-electron chi connectivity index (χ0n) is 27.3. The molecule has 1 aliphatic rings. The molecule has 1 aromatic carbocycles. The molecule has 1 amide bonds. The van der Waals surface area contributed by atoms with Gasteiger partial charge in [-0.1, -0.05) is 37.6 Å². The van der Waals surface area contributed by atoms with Crippen LogP contribution in [0.15, 0.2) is 41.3 Å². The average molecular weight is 638 g/mol. The number of ether oxygens (including phenoxy) is 1. The smallest absolute Gasteiger partial charge is 0.410 e. The van der Waals surface area contributed by atoms with Gasteiger partial charge in [0.25, 0.3) is 0 Å². The highest BCUT2D eigenvalue weighted by atomic mass is 35.5. The second kappa shape index (κ2) is 12.1. The van der Waals surface area contributed by atoms with Crippen molar-refractivity contribution < 1.29 is 13.9 Å². The molecule has 45 heavy (non-hydrogen) atoms. The molecule has 12 heteroatoms. The van der Waals surface area contributed by atoms with Crippen LogP contribution in [0, 0.1) is 5.82 Å². The number of amides is 1. The molecule has 1 aliphatic heterocycles. The summed E-state index contributed by atoms with van der Waals surface area (Å²) in [6.45, 7) is 18.2. The molecule has 1 fully saturated rings. The standard InChI is InChI=1S/C33H41ClFN7O3/c1-18(2)24-15-36-42(19(3)4)30(24)41-29-23(14-25(34)27(37-29)22-12-10-11-13-26(22)35)28(38-31(41)43)39-16-21(6)40(17-20(39)5)32(44)45-33(7,8)9/h10-15,18-21H,16-17H2,1-9H3/t20-,21+/m0/s1. The SMILES string of the molecule is CC(C)c1cnn(C(C)C)c1-n1c(=O)nc(N2C[C@@H](C)N(C(=O)OC(C)(C)C)C[C@@H]2C)c2cc(Cl)c(-c3ccccc3F)nc21. The van der Waals surface area contributed by atoms with Crippen LogP contribution in [0.4, 0.5) is 15.0 Å². The van der Waals surface area contributed by atoms with E-state index in [0.717, 1.165) is 5.56 Å². The maximum absolute atomic E-state index is 15.1. The molecule has 0 unspecified atom stereocenters. The van der Waals surface area contributed by atoms with Gasteiger partial charge < -0.3 is 14.5 Å². The van der Waals surface area contributed by atoms with Gasteiger partial charge in [0.1, 0.15) is 23.1 Å². The lowest BCUT2D eigenvalue weighted by Crippen LogP contribution is -2.59. The molecule has 0 saturated carbocycles. The normalized spacial score (nSPS) is 17.5. The molecule has 1 saturated heterocycles. The number of carbonyl (C=O) groups excluding carboxylic acids is 1. The van der Waals surface area contributed by atoms with Crippen LogP contribution < -0.4 is 10.6 Å². The molecule has 0 aliphatic carbocycles. The van der Waals surface area contributed by atoms with Crippen molar-refractivity contribution in [2.45, 2.75) is 92.0 Å². The molecule has 240 valence electrons. The third-order valence-electron chi connectivity index (χ3n) is 7.94. The molecule has 3 aromatic heterocycles. The minimum atomic E-state index is -0.630. The topological polar surface area (TPSA) is 98.4 Å². The molecule has 4 aromatic rings. The Morgan fingerprint density at radius 2 is 1.76 bits per heavy atom. The van der Waals surface area contributed by atoms with Gasteiger partial charge >= 0.3 is 11.8 Å². The Labute approximate surface area is 267 Å². The van der Waals surface area contributed by atoms with E-state index >= 15 is 4.39 Å². The lowest BCUT2D eigenvalue weighted by molar-refractivity contribution is 0.0130. The first-order valence-corrected chi connectivity index (χ1v) is 15.7. The Kier molecular flexibility index (Phi) is 8.70. The van der Waals surface area contributed by atoms with Gasteiger partial charge in [0.2, 0.25) is 0 Å². The Bertz CT molecular complexity index is 1790. The van der Waals surface area contributed by atoms with Crippen molar-refractivity contribution in [3.05, 3.63) is 63.4 Å². The molecule has 0 radical (unpaired) electrons. The lowest BCUT2D eigenvalue weighted by atomic mass is 10.1. The van der Waals surface area contributed by atoms with Crippen molar-refractivity contribution in [1.82, 2.24) is 29.2 Å². The van der Waals surface area contributed by atoms with Gasteiger partial charge in [0, 0.05) is 42.3 Å². The second-order valence-corrected chi connectivity index (χ2v) is 13.7. The molecule has 5 rings (SSSR count). The molecule has 4 heterocycles. The van der Waals surface area contributed by atoms with Gasteiger partial charge in [-0.3, -0.25) is 0 Å². The summed E-state index contributed by atoms with van der Waals surface area (Å²) in [6, 6.07) is 7.42. The van der Waals surface area contributed by atoms with Gasteiger partial charge in [-0.05, 0) is 72.6 Å². The Hall–Kier alpha value is -3.99. The fraction of sp³-hybridized carbons (Fsp3) is 0.485. The fourth-order valence-electron chi connectivity index (χ4n) is 5.74. The van der Waals surface area contributed by atoms with Crippen molar-refractivity contribution in [2.75, 3.05) is 18.0 Å². The van der Waals surface area contributed by atoms with E-state index in [0.29, 0.717) is 30.1 Å². The van der Waals surface area contributed by atoms with Crippen molar-refractivity contribution in [3.63, 3.8) is 0 Å². The minimum absolute atomic E-state index is 0.0364. The van der Waals surface area contributed by atoms with E-state index in [2.05, 4.69) is 10.1 Å². The number of hydrogen-bond donors (Lipinski definition) is 0. The number of nitrogens with zero attached hydrogens (tertiary/aromatic N) is 7. The van der Waals surface area contributed by atoms with Crippen molar-refractivity contribution >= 4 is 34.5 Å². The van der Waals surface area contributed by atoms with Gasteiger partial charge in [-0.2, -0.15) is 10.1 Å². The van der Waals surface area contributed by atoms with Gasteiger partial charge in [0.05, 0.1) is 22.3 Å². The lowest BCUT2D eigenvalue weighted by Gasteiger charge is -2.44. The summed E-state index contributed by atoms with van der Waals surface area (Å²) in [4.78, 5) is 40.5. The van der Waals surface area contributed by atoms with Crippen molar-refractivity contribution in [2.24, 2.45) is 0 Å². The number of anilines is 1. The third kappa shape index (κ3) is 6.14. The molecule has 0 spiro atoms. The summed E-state index contributed by atoms with van der Waals surface area (Å²) in [7, 11) is 0. The molecule has 0 N–H and O–H groups in total. The number of halogens is 2. The quantitative estimate of drug-likeness (QED) is 0.233. The monoisotopic (exact) mass is 637 g/mol. The predicted octanol–water partition coefficient (Wildman–Crippen LogP) is 6.98. The van der Waals surface area contributed by atoms with E-state index in [4.69, 9.17) is 21.3 Å². The first kappa shape index (κ1) is 32.4. The van der Waals surface area contributed by atoms with E-state index < -0.39 is 23.2 Å². The highest BCUT2D eigenvalue weighted by Gasteiger charge is 2.37. The Morgan fingerprint density at radius 3 is 2.38 bits per heavy atom. The first-order chi connectivity index (χ1) is 21.1. The number of benzene rings is 1. The van der Waals surface area contributed by atoms with E-state index in [-0.39, 0.29) is 46.0 Å². The number of rotatable bonds is 5. The van der Waals surface area contributed by atoms with Crippen molar-refractivity contribution in [1.29, 1.82) is 0 Å². The van der Waals surface area contributed by atoms with Gasteiger partial charge in [0.15, 0.2) is 5.65 Å². The van der Waals surface area contributed by atoms with E-state index in [1.807, 2.05) is 67.2 Å². The summed E-state index contributed by atoms with van der Waals surface area (Å²) in [5.74, 6) is 0.504. The van der Waals surface area contributed by atoms with Crippen LogP contribution in [0.5, 0.6) is 0 Å². The molecule has 2 atom stereocenters. The van der Waals surface area contributed by atoms with E-state index in [1.165, 1.54) is 10.6 Å². The van der Waals surface area contributed by atoms with Crippen LogP contribution >= 0.6 is 11.6 Å². The van der Waals surface area contributed by atoms with Crippen LogP contribution in [0.1, 0.15) is 79.8 Å². The van der Waals surface area contributed by atoms with E-state index in [9.17, 15) is 9.59 Å². The number of aromatic nitrogens is 5. The fourth-order valence-corrected chi connectivity index (χ4v) is 5.99. The van der Waals surface area contributed by atoms with Crippen LogP contribution in [0.2, 0.25) is 5.02 Å². The Balaban J connectivity index is 1.75. The summed E-state index contributed by atoms with van der Waals surface area (Å²) < 4.78 is 24.0.